The van der Waals surface area contributed by atoms with Gasteiger partial charge in [-0.25, -0.2) is 4.39 Å². The van der Waals surface area contributed by atoms with Crippen molar-refractivity contribution in [3.8, 4) is 0 Å². The smallest absolute Gasteiger partial charge is 0.123 e. The fourth-order valence-corrected chi connectivity index (χ4v) is 1.89. The molecule has 0 amide bonds. The van der Waals surface area contributed by atoms with Gasteiger partial charge in [0.2, 0.25) is 0 Å². The first-order valence-electron chi connectivity index (χ1n) is 4.06. The highest BCUT2D eigenvalue weighted by Gasteiger charge is 2.15. The zero-order valence-electron chi connectivity index (χ0n) is 7.97. The monoisotopic (exact) mass is 200 g/mol. The highest BCUT2D eigenvalue weighted by molar-refractivity contribution is 8.00. The van der Waals surface area contributed by atoms with Crippen LogP contribution in [0.3, 0.4) is 0 Å². The van der Waals surface area contributed by atoms with Crippen LogP contribution >= 0.6 is 11.8 Å². The van der Waals surface area contributed by atoms with E-state index < -0.39 is 4.93 Å². The lowest BCUT2D eigenvalue weighted by Crippen LogP contribution is -2.12. The third kappa shape index (κ3) is 3.36. The van der Waals surface area contributed by atoms with Crippen LogP contribution < -0.4 is 0 Å². The fraction of sp³-hybridized carbons (Fsp3) is 0.400. The van der Waals surface area contributed by atoms with Crippen LogP contribution in [0.2, 0.25) is 0 Å². The van der Waals surface area contributed by atoms with E-state index in [4.69, 9.17) is 0 Å². The van der Waals surface area contributed by atoms with Crippen molar-refractivity contribution in [3.05, 3.63) is 29.6 Å². The number of aryl methyl sites for hydroxylation is 1. The summed E-state index contributed by atoms with van der Waals surface area (Å²) in [5.74, 6) is -0.238. The van der Waals surface area contributed by atoms with Crippen molar-refractivity contribution in [1.82, 2.24) is 0 Å². The SMILES string of the molecule is Cc1cc(F)ccc1SC(C)(C)O. The minimum absolute atomic E-state index is 0.238. The molecule has 1 nitrogen and oxygen atoms in total. The summed E-state index contributed by atoms with van der Waals surface area (Å²) in [6.45, 7) is 5.25. The Morgan fingerprint density at radius 3 is 2.46 bits per heavy atom. The Morgan fingerprint density at radius 2 is 2.00 bits per heavy atom. The summed E-state index contributed by atoms with van der Waals surface area (Å²) in [5.41, 5.74) is 0.854. The number of thioether (sulfide) groups is 1. The molecule has 0 aliphatic heterocycles. The average Bonchev–Trinajstić information content (AvgIpc) is 1.93. The molecule has 0 heterocycles. The highest BCUT2D eigenvalue weighted by Crippen LogP contribution is 2.32. The summed E-state index contributed by atoms with van der Waals surface area (Å²) in [6, 6.07) is 4.56. The Bertz CT molecular complexity index is 304. The van der Waals surface area contributed by atoms with Gasteiger partial charge < -0.3 is 5.11 Å². The molecule has 0 radical (unpaired) electrons. The molecule has 1 rings (SSSR count). The maximum Gasteiger partial charge on any atom is 0.123 e. The number of hydrogen-bond donors (Lipinski definition) is 1. The third-order valence-electron chi connectivity index (χ3n) is 1.50. The van der Waals surface area contributed by atoms with Crippen molar-refractivity contribution in [2.45, 2.75) is 30.6 Å². The molecule has 0 aliphatic carbocycles. The van der Waals surface area contributed by atoms with E-state index in [-0.39, 0.29) is 5.82 Å². The lowest BCUT2D eigenvalue weighted by atomic mass is 10.2. The molecular weight excluding hydrogens is 187 g/mol. The Balaban J connectivity index is 2.90. The first-order chi connectivity index (χ1) is 5.88. The molecule has 3 heteroatoms. The Kier molecular flexibility index (Phi) is 2.98. The topological polar surface area (TPSA) is 20.2 Å². The van der Waals surface area contributed by atoms with E-state index in [1.807, 2.05) is 6.92 Å². The molecule has 0 spiro atoms. The predicted molar refractivity (Wildman–Crippen MR) is 53.3 cm³/mol. The number of rotatable bonds is 2. The Labute approximate surface area is 82.0 Å². The van der Waals surface area contributed by atoms with Gasteiger partial charge in [-0.3, -0.25) is 0 Å². The van der Waals surface area contributed by atoms with Gasteiger partial charge in [0.15, 0.2) is 0 Å². The summed E-state index contributed by atoms with van der Waals surface area (Å²) >= 11 is 1.32. The molecule has 1 aromatic rings. The van der Waals surface area contributed by atoms with E-state index in [0.29, 0.717) is 0 Å². The number of aliphatic hydroxyl groups is 1. The molecule has 0 bridgehead atoms. The Morgan fingerprint density at radius 1 is 1.38 bits per heavy atom. The molecule has 0 saturated carbocycles. The zero-order chi connectivity index (χ0) is 10.1. The standard InChI is InChI=1S/C10H13FOS/c1-7-6-8(11)4-5-9(7)13-10(2,3)12/h4-6,12H,1-3H3. The fourth-order valence-electron chi connectivity index (χ4n) is 0.996. The number of benzene rings is 1. The quantitative estimate of drug-likeness (QED) is 0.585. The van der Waals surface area contributed by atoms with Gasteiger partial charge in [-0.2, -0.15) is 0 Å². The summed E-state index contributed by atoms with van der Waals surface area (Å²) in [4.78, 5) is 0.0941. The number of hydrogen-bond acceptors (Lipinski definition) is 2. The van der Waals surface area contributed by atoms with Crippen LogP contribution in [0.1, 0.15) is 19.4 Å². The minimum atomic E-state index is -0.817. The van der Waals surface area contributed by atoms with Gasteiger partial charge in [0.1, 0.15) is 10.8 Å². The summed E-state index contributed by atoms with van der Waals surface area (Å²) < 4.78 is 12.7. The van der Waals surface area contributed by atoms with Gasteiger partial charge >= 0.3 is 0 Å². The maximum absolute atomic E-state index is 12.7. The second kappa shape index (κ2) is 3.68. The highest BCUT2D eigenvalue weighted by atomic mass is 32.2. The average molecular weight is 200 g/mol. The second-order valence-electron chi connectivity index (χ2n) is 3.46. The van der Waals surface area contributed by atoms with E-state index in [9.17, 15) is 9.50 Å². The van der Waals surface area contributed by atoms with Gasteiger partial charge in [-0.1, -0.05) is 11.8 Å². The van der Waals surface area contributed by atoms with Crippen molar-refractivity contribution in [3.63, 3.8) is 0 Å². The molecule has 0 aromatic heterocycles. The summed E-state index contributed by atoms with van der Waals surface area (Å²) in [6.07, 6.45) is 0. The van der Waals surface area contributed by atoms with Gasteiger partial charge in [0.25, 0.3) is 0 Å². The van der Waals surface area contributed by atoms with Gasteiger partial charge in [0, 0.05) is 4.90 Å². The van der Waals surface area contributed by atoms with Crippen molar-refractivity contribution in [2.24, 2.45) is 0 Å². The molecule has 1 N–H and O–H groups in total. The summed E-state index contributed by atoms with van der Waals surface area (Å²) in [7, 11) is 0. The zero-order valence-corrected chi connectivity index (χ0v) is 8.78. The van der Waals surface area contributed by atoms with Crippen LogP contribution in [0.4, 0.5) is 4.39 Å². The van der Waals surface area contributed by atoms with Crippen LogP contribution in [0.25, 0.3) is 0 Å². The van der Waals surface area contributed by atoms with E-state index >= 15 is 0 Å². The van der Waals surface area contributed by atoms with Gasteiger partial charge in [0.05, 0.1) is 0 Å². The van der Waals surface area contributed by atoms with E-state index in [1.165, 1.54) is 23.9 Å². The minimum Gasteiger partial charge on any atom is -0.380 e. The first kappa shape index (κ1) is 10.5. The van der Waals surface area contributed by atoms with Gasteiger partial charge in [-0.15, -0.1) is 0 Å². The van der Waals surface area contributed by atoms with E-state index in [2.05, 4.69) is 0 Å². The lowest BCUT2D eigenvalue weighted by Gasteiger charge is -2.17. The van der Waals surface area contributed by atoms with Crippen LogP contribution in [-0.4, -0.2) is 10.0 Å². The molecule has 72 valence electrons. The first-order valence-corrected chi connectivity index (χ1v) is 4.88. The molecule has 1 aromatic carbocycles. The van der Waals surface area contributed by atoms with E-state index in [1.54, 1.807) is 19.9 Å². The molecule has 0 saturated heterocycles. The third-order valence-corrected chi connectivity index (χ3v) is 2.67. The van der Waals surface area contributed by atoms with E-state index in [0.717, 1.165) is 10.5 Å². The molecule has 13 heavy (non-hydrogen) atoms. The second-order valence-corrected chi connectivity index (χ2v) is 5.10. The largest absolute Gasteiger partial charge is 0.380 e. The van der Waals surface area contributed by atoms with Crippen LogP contribution in [-0.2, 0) is 0 Å². The van der Waals surface area contributed by atoms with Crippen LogP contribution in [0.15, 0.2) is 23.1 Å². The van der Waals surface area contributed by atoms with Crippen molar-refractivity contribution in [1.29, 1.82) is 0 Å². The van der Waals surface area contributed by atoms with Crippen LogP contribution in [0, 0.1) is 12.7 Å². The number of halogens is 1. The van der Waals surface area contributed by atoms with Crippen molar-refractivity contribution < 1.29 is 9.50 Å². The molecular formula is C10H13FOS. The van der Waals surface area contributed by atoms with Gasteiger partial charge in [-0.05, 0) is 44.5 Å². The van der Waals surface area contributed by atoms with Crippen molar-refractivity contribution in [2.75, 3.05) is 0 Å². The normalized spacial score (nSPS) is 11.8. The summed E-state index contributed by atoms with van der Waals surface area (Å²) in [5, 5.41) is 9.53. The predicted octanol–water partition coefficient (Wildman–Crippen LogP) is 2.95. The Hall–Kier alpha value is -0.540. The molecule has 0 aliphatic rings. The maximum atomic E-state index is 12.7. The lowest BCUT2D eigenvalue weighted by molar-refractivity contribution is 0.179. The molecule has 0 atom stereocenters. The van der Waals surface area contributed by atoms with Crippen molar-refractivity contribution >= 4 is 11.8 Å². The van der Waals surface area contributed by atoms with Crippen LogP contribution in [0.5, 0.6) is 0 Å². The molecule has 0 unspecified atom stereocenters. The molecule has 0 fully saturated rings.